The lowest BCUT2D eigenvalue weighted by Gasteiger charge is -2.32. The zero-order chi connectivity index (χ0) is 18.8. The van der Waals surface area contributed by atoms with Crippen molar-refractivity contribution in [2.45, 2.75) is 32.4 Å². The molecule has 0 aliphatic carbocycles. The van der Waals surface area contributed by atoms with E-state index in [2.05, 4.69) is 0 Å². The van der Waals surface area contributed by atoms with E-state index in [1.807, 2.05) is 11.4 Å². The first-order valence-corrected chi connectivity index (χ1v) is 10.3. The predicted molar refractivity (Wildman–Crippen MR) is 98.6 cm³/mol. The average molecular weight is 386 g/mol. The highest BCUT2D eigenvalue weighted by atomic mass is 32.2. The van der Waals surface area contributed by atoms with Crippen LogP contribution in [0.15, 0.2) is 29.6 Å². The second-order valence-corrected chi connectivity index (χ2v) is 9.42. The van der Waals surface area contributed by atoms with Crippen molar-refractivity contribution in [3.05, 3.63) is 29.6 Å². The Hall–Kier alpha value is -1.68. The van der Waals surface area contributed by atoms with Crippen molar-refractivity contribution in [2.75, 3.05) is 17.2 Å². The van der Waals surface area contributed by atoms with Crippen LogP contribution < -0.4 is 9.79 Å². The largest absolute Gasteiger partial charge is 0.373 e. The highest BCUT2D eigenvalue weighted by Gasteiger charge is 2.34. The fraction of sp³-hybridized carbons (Fsp3) is 0.438. The molecule has 0 saturated heterocycles. The van der Waals surface area contributed by atoms with Crippen LogP contribution >= 0.6 is 11.3 Å². The van der Waals surface area contributed by atoms with Crippen LogP contribution in [0.2, 0.25) is 0 Å². The van der Waals surface area contributed by atoms with Gasteiger partial charge in [-0.05, 0) is 55.8 Å². The number of hydrogen-bond donors (Lipinski definition) is 2. The maximum atomic E-state index is 12.4. The van der Waals surface area contributed by atoms with Gasteiger partial charge in [-0.15, -0.1) is 11.3 Å². The van der Waals surface area contributed by atoms with E-state index in [0.717, 1.165) is 20.6 Å². The summed E-state index contributed by atoms with van der Waals surface area (Å²) in [4.78, 5) is 12.2. The highest BCUT2D eigenvalue weighted by molar-refractivity contribution is 7.92. The van der Waals surface area contributed by atoms with Gasteiger partial charge in [-0.1, -0.05) is 0 Å². The lowest BCUT2D eigenvalue weighted by atomic mass is 10.2. The number of fused-ring (bicyclic) bond motifs is 1. The van der Waals surface area contributed by atoms with Gasteiger partial charge < -0.3 is 4.74 Å². The first kappa shape index (κ1) is 19.6. The van der Waals surface area contributed by atoms with Gasteiger partial charge in [-0.25, -0.2) is 13.9 Å². The summed E-state index contributed by atoms with van der Waals surface area (Å²) in [5.41, 5.74) is 1.29. The molecule has 2 rings (SSSR count). The zero-order valence-corrected chi connectivity index (χ0v) is 16.1. The average Bonchev–Trinajstić information content (AvgIpc) is 2.95. The monoisotopic (exact) mass is 386 g/mol. The molecule has 0 unspecified atom stereocenters. The number of nitrogens with zero attached hydrogens (tertiary/aromatic N) is 1. The Kier molecular flexibility index (Phi) is 5.72. The molecule has 0 spiro atoms. The highest BCUT2D eigenvalue weighted by Crippen LogP contribution is 2.29. The van der Waals surface area contributed by atoms with Crippen molar-refractivity contribution < 1.29 is 23.2 Å². The first-order valence-electron chi connectivity index (χ1n) is 7.57. The Bertz CT molecular complexity index is 855. The van der Waals surface area contributed by atoms with Crippen molar-refractivity contribution in [2.24, 2.45) is 0 Å². The topological polar surface area (TPSA) is 95.9 Å². The number of sulfonamides is 1. The summed E-state index contributed by atoms with van der Waals surface area (Å²) < 4.78 is 32.4. The van der Waals surface area contributed by atoms with Crippen molar-refractivity contribution >= 4 is 43.0 Å². The van der Waals surface area contributed by atoms with E-state index >= 15 is 0 Å². The van der Waals surface area contributed by atoms with Gasteiger partial charge in [0.2, 0.25) is 10.0 Å². The Labute approximate surface area is 151 Å². The summed E-state index contributed by atoms with van der Waals surface area (Å²) in [6.07, 6.45) is 1.01. The molecule has 25 heavy (non-hydrogen) atoms. The summed E-state index contributed by atoms with van der Waals surface area (Å²) >= 11 is 1.54. The van der Waals surface area contributed by atoms with Crippen molar-refractivity contribution in [1.29, 1.82) is 0 Å². The van der Waals surface area contributed by atoms with Crippen LogP contribution in [0.1, 0.15) is 20.8 Å². The third-order valence-electron chi connectivity index (χ3n) is 3.42. The Morgan fingerprint density at radius 1 is 1.36 bits per heavy atom. The molecule has 0 bridgehead atoms. The van der Waals surface area contributed by atoms with Gasteiger partial charge >= 0.3 is 0 Å². The van der Waals surface area contributed by atoms with Crippen LogP contribution in [0.25, 0.3) is 10.1 Å². The summed E-state index contributed by atoms with van der Waals surface area (Å²) in [5.74, 6) is -0.861. The lowest BCUT2D eigenvalue weighted by Crippen LogP contribution is -2.52. The molecular weight excluding hydrogens is 364 g/mol. The minimum absolute atomic E-state index is 0.204. The summed E-state index contributed by atoms with van der Waals surface area (Å²) in [6.45, 7) is 5.18. The van der Waals surface area contributed by atoms with Gasteiger partial charge in [0.1, 0.15) is 6.04 Å². The quantitative estimate of drug-likeness (QED) is 0.587. The molecule has 0 fully saturated rings. The van der Waals surface area contributed by atoms with Crippen LogP contribution in [0, 0.1) is 0 Å². The van der Waals surface area contributed by atoms with Gasteiger partial charge in [0.05, 0.1) is 24.2 Å². The van der Waals surface area contributed by atoms with E-state index in [1.165, 1.54) is 16.8 Å². The first-order chi connectivity index (χ1) is 11.5. The second-order valence-electron chi connectivity index (χ2n) is 6.62. The van der Waals surface area contributed by atoms with Gasteiger partial charge in [0.25, 0.3) is 5.91 Å². The molecule has 1 heterocycles. The van der Waals surface area contributed by atoms with Crippen molar-refractivity contribution in [1.82, 2.24) is 5.48 Å². The summed E-state index contributed by atoms with van der Waals surface area (Å²) in [5, 5.41) is 11.8. The van der Waals surface area contributed by atoms with Gasteiger partial charge in [0.15, 0.2) is 0 Å². The van der Waals surface area contributed by atoms with Gasteiger partial charge in [0, 0.05) is 4.70 Å². The minimum atomic E-state index is -3.81. The molecule has 1 atom stereocenters. The molecule has 0 radical (unpaired) electrons. The van der Waals surface area contributed by atoms with E-state index in [1.54, 1.807) is 39.0 Å². The van der Waals surface area contributed by atoms with Crippen LogP contribution in [0.4, 0.5) is 5.69 Å². The third-order valence-corrected chi connectivity index (χ3v) is 5.50. The maximum Gasteiger partial charge on any atom is 0.269 e. The molecule has 138 valence electrons. The Morgan fingerprint density at radius 2 is 2.04 bits per heavy atom. The van der Waals surface area contributed by atoms with Crippen LogP contribution in [-0.4, -0.2) is 44.0 Å². The number of carbonyl (C=O) groups excluding carboxylic acids is 1. The molecule has 0 aliphatic heterocycles. The normalized spacial score (nSPS) is 13.6. The SMILES string of the molecule is CC(C)(C)OC[C@H](C(=O)NO)N(c1ccc2sccc2c1)S(C)(=O)=O. The molecule has 1 aromatic heterocycles. The van der Waals surface area contributed by atoms with Crippen molar-refractivity contribution in [3.63, 3.8) is 0 Å². The molecular formula is C16H22N2O5S2. The predicted octanol–water partition coefficient (Wildman–Crippen LogP) is 2.36. The number of carbonyl (C=O) groups is 1. The van der Waals surface area contributed by atoms with Crippen LogP contribution in [-0.2, 0) is 19.6 Å². The minimum Gasteiger partial charge on any atom is -0.373 e. The summed E-state index contributed by atoms with van der Waals surface area (Å²) in [7, 11) is -3.81. The van der Waals surface area contributed by atoms with Crippen molar-refractivity contribution in [3.8, 4) is 0 Å². The van der Waals surface area contributed by atoms with E-state index in [9.17, 15) is 13.2 Å². The van der Waals surface area contributed by atoms with E-state index < -0.39 is 27.6 Å². The third kappa shape index (κ3) is 4.91. The van der Waals surface area contributed by atoms with Crippen LogP contribution in [0.3, 0.4) is 0 Å². The standard InChI is InChI=1S/C16H22N2O5S2/c1-16(2,3)23-10-13(15(19)17-20)18(25(4,21)22)12-5-6-14-11(9-12)7-8-24-14/h5-9,13,20H,10H2,1-4H3,(H,17,19)/t13-/m1/s1. The number of hydrogen-bond acceptors (Lipinski definition) is 6. The Morgan fingerprint density at radius 3 is 2.60 bits per heavy atom. The van der Waals surface area contributed by atoms with Crippen LogP contribution in [0.5, 0.6) is 0 Å². The molecule has 0 aliphatic rings. The number of amides is 1. The number of rotatable bonds is 6. The molecule has 1 aromatic carbocycles. The number of benzene rings is 1. The number of anilines is 1. The zero-order valence-electron chi connectivity index (χ0n) is 14.5. The number of nitrogens with one attached hydrogen (secondary N) is 1. The van der Waals surface area contributed by atoms with E-state index in [0.29, 0.717) is 5.69 Å². The number of ether oxygens (including phenoxy) is 1. The lowest BCUT2D eigenvalue weighted by molar-refractivity contribution is -0.133. The summed E-state index contributed by atoms with van der Waals surface area (Å²) in [6, 6.07) is 5.76. The second kappa shape index (κ2) is 7.28. The van der Waals surface area contributed by atoms with E-state index in [-0.39, 0.29) is 6.61 Å². The molecule has 2 aromatic rings. The van der Waals surface area contributed by atoms with E-state index in [4.69, 9.17) is 9.94 Å². The molecule has 2 N–H and O–H groups in total. The molecule has 0 saturated carbocycles. The molecule has 9 heteroatoms. The number of thiophene rings is 1. The van der Waals surface area contributed by atoms with Gasteiger partial charge in [-0.3, -0.25) is 14.3 Å². The van der Waals surface area contributed by atoms with Gasteiger partial charge in [-0.2, -0.15) is 0 Å². The smallest absolute Gasteiger partial charge is 0.269 e. The molecule has 1 amide bonds. The number of hydroxylamine groups is 1. The fourth-order valence-corrected chi connectivity index (χ4v) is 4.23. The fourth-order valence-electron chi connectivity index (χ4n) is 2.35. The Balaban J connectivity index is 2.49. The molecule has 7 nitrogen and oxygen atoms in total. The maximum absolute atomic E-state index is 12.4.